The van der Waals surface area contributed by atoms with Gasteiger partial charge in [-0.25, -0.2) is 22.0 Å². The molecule has 5 rings (SSSR count). The minimum atomic E-state index is -1.93. The molecule has 0 saturated carbocycles. The molecule has 0 heterocycles. The third-order valence-electron chi connectivity index (χ3n) is 16.1. The van der Waals surface area contributed by atoms with Crippen LogP contribution in [0.15, 0.2) is 120 Å². The number of Topliss-reactive ketones (excluding diaryl/α,β-unsaturated/α-hetero) is 2. The van der Waals surface area contributed by atoms with Crippen LogP contribution in [-0.2, 0) is 22.4 Å². The lowest BCUT2D eigenvalue weighted by molar-refractivity contribution is 0.0524. The van der Waals surface area contributed by atoms with Crippen LogP contribution in [0.4, 0.5) is 22.0 Å². The second-order valence-corrected chi connectivity index (χ2v) is 50.4. The highest BCUT2D eigenvalue weighted by atomic mass is 79.9. The molecule has 8 nitrogen and oxygen atoms in total. The minimum absolute atomic E-state index is 0.0502. The molecule has 2 unspecified atom stereocenters. The van der Waals surface area contributed by atoms with E-state index < -0.39 is 39.4 Å². The van der Waals surface area contributed by atoms with Gasteiger partial charge in [-0.3, -0.25) is 9.59 Å². The van der Waals surface area contributed by atoms with E-state index in [0.29, 0.717) is 51.4 Å². The molecule has 1 N–H and O–H groups in total. The van der Waals surface area contributed by atoms with Crippen LogP contribution in [0, 0.1) is 29.1 Å². The van der Waals surface area contributed by atoms with Crippen LogP contribution >= 0.6 is 79.6 Å². The summed E-state index contributed by atoms with van der Waals surface area (Å²) in [6.45, 7) is 49.4. The van der Waals surface area contributed by atoms with Crippen LogP contribution < -0.4 is 0 Å². The number of benzene rings is 5. The lowest BCUT2D eigenvalue weighted by Gasteiger charge is -2.37. The highest BCUT2D eigenvalue weighted by Gasteiger charge is 2.41. The van der Waals surface area contributed by atoms with E-state index in [4.69, 9.17) is 22.4 Å². The molecule has 0 aliphatic heterocycles. The minimum Gasteiger partial charge on any atom is -0.543 e. The Morgan fingerprint density at radius 2 is 0.782 bits per heavy atom. The summed E-state index contributed by atoms with van der Waals surface area (Å²) in [6, 6.07) is 22.7. The Labute approximate surface area is 563 Å². The van der Waals surface area contributed by atoms with Crippen molar-refractivity contribution < 1.29 is 59.1 Å². The molecule has 0 radical (unpaired) electrons. The van der Waals surface area contributed by atoms with Gasteiger partial charge in [0.25, 0.3) is 0 Å². The maximum absolute atomic E-state index is 13.3. The fraction of sp³-hybridized carbons (Fsp3) is 0.477. The topological polar surface area (TPSA) is 101 Å². The summed E-state index contributed by atoms with van der Waals surface area (Å²) >= 11 is 15.6. The molecular weight excluding hydrogens is 1520 g/mol. The van der Waals surface area contributed by atoms with E-state index in [-0.39, 0.29) is 80.1 Å². The normalized spacial score (nSPS) is 13.0. The number of ether oxygens (including phenoxy) is 1. The van der Waals surface area contributed by atoms with Crippen LogP contribution in [0.3, 0.4) is 0 Å². The van der Waals surface area contributed by atoms with Gasteiger partial charge >= 0.3 is 0 Å². The Morgan fingerprint density at radius 1 is 0.471 bits per heavy atom. The van der Waals surface area contributed by atoms with Gasteiger partial charge in [0.1, 0.15) is 47.1 Å². The number of carbonyl (C=O) groups is 2. The van der Waals surface area contributed by atoms with Crippen molar-refractivity contribution in [1.82, 2.24) is 0 Å². The van der Waals surface area contributed by atoms with Gasteiger partial charge in [0.2, 0.25) is 8.32 Å². The van der Waals surface area contributed by atoms with Gasteiger partial charge in [0.05, 0.1) is 42.2 Å². The predicted molar refractivity (Wildman–Crippen MR) is 376 cm³/mol. The van der Waals surface area contributed by atoms with Crippen LogP contribution in [0.25, 0.3) is 5.76 Å². The molecule has 5 aromatic rings. The molecule has 87 heavy (non-hydrogen) atoms. The number of aliphatic hydroxyl groups excluding tert-OH is 1. The van der Waals surface area contributed by atoms with Crippen molar-refractivity contribution >= 4 is 130 Å². The number of aliphatic hydroxyl groups is 1. The first-order valence-corrected chi connectivity index (χ1v) is 43.7. The van der Waals surface area contributed by atoms with Crippen molar-refractivity contribution in [2.45, 2.75) is 175 Å². The first kappa shape index (κ1) is 82.7. The molecule has 5 aromatic carbocycles. The quantitative estimate of drug-likeness (QED) is 0.0425. The summed E-state index contributed by atoms with van der Waals surface area (Å²) < 4.78 is 96.8. The number of halogens is 10. The Hall–Kier alpha value is -2.30. The average molecular weight is 1610 g/mol. The third kappa shape index (κ3) is 27.1. The van der Waals surface area contributed by atoms with E-state index in [1.165, 1.54) is 61.5 Å². The first-order chi connectivity index (χ1) is 39.3. The predicted octanol–water partition coefficient (Wildman–Crippen LogP) is 23.1. The van der Waals surface area contributed by atoms with Gasteiger partial charge in [-0.2, -0.15) is 0 Å². The molecule has 22 heteroatoms. The zero-order chi connectivity index (χ0) is 67.8. The van der Waals surface area contributed by atoms with E-state index in [1.807, 2.05) is 0 Å². The molecule has 2 atom stereocenters. The van der Waals surface area contributed by atoms with Crippen molar-refractivity contribution in [3.8, 4) is 0 Å². The van der Waals surface area contributed by atoms with Crippen molar-refractivity contribution in [3.63, 3.8) is 0 Å². The van der Waals surface area contributed by atoms with Crippen LogP contribution in [0.5, 0.6) is 0 Å². The standard InChI is InChI=1S/C15H24BrFO2Si.C14H22BrFO2Si.C14H20BrFO2Si.C14H20BrFOSi.C8H6BrFO/c1-15(2,3)20(5,6)19-10-14(18-4)11-7-8-13(17)12(16)9-11;2*1-14(2,3)19(4,5)18-9-13(17)10-6-7-12(16)11(15)8-10;1-10(17-18(5,6)14(2,3)4)11-7-8-13(16)12(15)9-11;1-5(11)6-2-3-8(10)7(9)4-6/h7-9,14H,10H2,1-6H3;6-8,13,17H,9H2,1-5H3;6-8H,9H2,1-5H3;7-9H,1H2,2-6H3;2-4H,1H3. The van der Waals surface area contributed by atoms with Crippen LogP contribution in [0.2, 0.25) is 72.5 Å². The Morgan fingerprint density at radius 3 is 1.15 bits per heavy atom. The highest BCUT2D eigenvalue weighted by Crippen LogP contribution is 2.41. The zero-order valence-corrected chi connectivity index (χ0v) is 66.7. The largest absolute Gasteiger partial charge is 0.543 e. The average Bonchev–Trinajstić information content (AvgIpc) is 3.56. The second kappa shape index (κ2) is 34.6. The zero-order valence-electron chi connectivity index (χ0n) is 54.7. The lowest BCUT2D eigenvalue weighted by Crippen LogP contribution is -2.42. The maximum Gasteiger partial charge on any atom is 0.250 e. The molecule has 0 aromatic heterocycles. The second-order valence-electron chi connectivity index (χ2n) is 26.9. The molecule has 0 saturated heterocycles. The SMILES string of the molecule is C=C(O[Si](C)(C)C(C)(C)C)c1ccc(F)c(Br)c1.CC(=O)c1ccc(F)c(Br)c1.CC(C)(C)[Si](C)(C)OCC(=O)c1ccc(F)c(Br)c1.CC(C)(C)[Si](C)(C)OCC(O)c1ccc(F)c(Br)c1.COC(CO[Si](C)(C)C(C)(C)C)c1ccc(F)c(Br)c1. The number of ketones is 2. The molecule has 0 aliphatic carbocycles. The van der Waals surface area contributed by atoms with Gasteiger partial charge in [0, 0.05) is 23.8 Å². The smallest absolute Gasteiger partial charge is 0.250 e. The number of hydrogen-bond acceptors (Lipinski definition) is 8. The monoisotopic (exact) mass is 1600 g/mol. The first-order valence-electron chi connectivity index (χ1n) is 28.1. The van der Waals surface area contributed by atoms with Crippen LogP contribution in [0.1, 0.15) is 140 Å². The Bertz CT molecular complexity index is 3080. The van der Waals surface area contributed by atoms with Crippen molar-refractivity contribution in [2.24, 2.45) is 0 Å². The van der Waals surface area contributed by atoms with E-state index in [0.717, 1.165) is 11.1 Å². The fourth-order valence-electron chi connectivity index (χ4n) is 5.95. The molecule has 0 aliphatic rings. The van der Waals surface area contributed by atoms with Gasteiger partial charge in [-0.15, -0.1) is 0 Å². The fourth-order valence-corrected chi connectivity index (χ4v) is 11.9. The van der Waals surface area contributed by atoms with E-state index in [1.54, 1.807) is 43.5 Å². The Kier molecular flexibility index (Phi) is 32.9. The van der Waals surface area contributed by atoms with Gasteiger partial charge in [-0.05, 0) is 249 Å². The Balaban J connectivity index is 0.000000549. The molecule has 0 fully saturated rings. The van der Waals surface area contributed by atoms with Crippen molar-refractivity contribution in [1.29, 1.82) is 0 Å². The van der Waals surface area contributed by atoms with Crippen molar-refractivity contribution in [3.05, 3.63) is 177 Å². The summed E-state index contributed by atoms with van der Waals surface area (Å²) in [4.78, 5) is 22.8. The van der Waals surface area contributed by atoms with Gasteiger partial charge in [0.15, 0.2) is 36.5 Å². The van der Waals surface area contributed by atoms with E-state index in [2.05, 4.69) is 222 Å². The number of rotatable bonds is 17. The number of carbonyl (C=O) groups excluding carboxylic acids is 2. The van der Waals surface area contributed by atoms with E-state index >= 15 is 0 Å². The third-order valence-corrected chi connectivity index (χ3v) is 37.0. The summed E-state index contributed by atoms with van der Waals surface area (Å²) in [5, 5.41) is 10.6. The lowest BCUT2D eigenvalue weighted by atomic mass is 10.1. The molecular formula is C65H92Br5F5O8Si4. The summed E-state index contributed by atoms with van der Waals surface area (Å²) in [7, 11) is -5.85. The van der Waals surface area contributed by atoms with Crippen molar-refractivity contribution in [2.75, 3.05) is 26.9 Å². The molecule has 486 valence electrons. The summed E-state index contributed by atoms with van der Waals surface area (Å²) in [5.41, 5.74) is 3.37. The maximum atomic E-state index is 13.3. The number of methoxy groups -OCH3 is 1. The summed E-state index contributed by atoms with van der Waals surface area (Å²) in [6.07, 6.45) is -0.910. The van der Waals surface area contributed by atoms with E-state index in [9.17, 15) is 36.6 Å². The highest BCUT2D eigenvalue weighted by molar-refractivity contribution is 9.11. The van der Waals surface area contributed by atoms with Gasteiger partial charge in [-0.1, -0.05) is 102 Å². The van der Waals surface area contributed by atoms with Crippen LogP contribution in [-0.4, -0.2) is 76.9 Å². The summed E-state index contributed by atoms with van der Waals surface area (Å²) in [5.74, 6) is -1.18. The molecule has 0 amide bonds. The van der Waals surface area contributed by atoms with Gasteiger partial charge < -0.3 is 27.5 Å². The molecule has 0 spiro atoms. The number of hydrogen-bond donors (Lipinski definition) is 1. The molecule has 0 bridgehead atoms.